The maximum atomic E-state index is 12.9. The Morgan fingerprint density at radius 1 is 1.18 bits per heavy atom. The molecule has 2 N–H and O–H groups in total. The molecular weight excluding hydrogens is 297 g/mol. The van der Waals surface area contributed by atoms with Gasteiger partial charge in [-0.15, -0.1) is 0 Å². The van der Waals surface area contributed by atoms with E-state index >= 15 is 0 Å². The van der Waals surface area contributed by atoms with Gasteiger partial charge in [0, 0.05) is 22.7 Å². The van der Waals surface area contributed by atoms with Crippen LogP contribution in [0.5, 0.6) is 0 Å². The Kier molecular flexibility index (Phi) is 3.13. The number of nitrogens with one attached hydrogen (secondary N) is 1. The van der Waals surface area contributed by atoms with E-state index in [9.17, 15) is 23.1 Å². The molecule has 22 heavy (non-hydrogen) atoms. The third-order valence-electron chi connectivity index (χ3n) is 3.26. The highest BCUT2D eigenvalue weighted by Crippen LogP contribution is 2.36. The molecule has 2 heterocycles. The Labute approximate surface area is 122 Å². The standard InChI is InChI=1S/C15H9F3N2O2/c16-15(17,18)8-4-5-10-9(7-8)12(13(20-10)14(21)22)11-3-1-2-6-19-11/h1-7,20H,(H,21,22). The number of hydrogen-bond donors (Lipinski definition) is 2. The van der Waals surface area contributed by atoms with Gasteiger partial charge in [0.1, 0.15) is 5.69 Å². The quantitative estimate of drug-likeness (QED) is 0.753. The molecule has 112 valence electrons. The lowest BCUT2D eigenvalue weighted by Gasteiger charge is -2.07. The van der Waals surface area contributed by atoms with Crippen LogP contribution in [0.4, 0.5) is 13.2 Å². The zero-order valence-corrected chi connectivity index (χ0v) is 11.0. The van der Waals surface area contributed by atoms with Gasteiger partial charge in [0.25, 0.3) is 0 Å². The maximum Gasteiger partial charge on any atom is 0.416 e. The van der Waals surface area contributed by atoms with Crippen molar-refractivity contribution in [2.24, 2.45) is 0 Å². The maximum absolute atomic E-state index is 12.9. The van der Waals surface area contributed by atoms with Gasteiger partial charge in [0.2, 0.25) is 0 Å². The molecule has 2 aromatic heterocycles. The Bertz CT molecular complexity index is 854. The van der Waals surface area contributed by atoms with E-state index in [1.54, 1.807) is 18.2 Å². The largest absolute Gasteiger partial charge is 0.477 e. The predicted molar refractivity (Wildman–Crippen MR) is 73.5 cm³/mol. The van der Waals surface area contributed by atoms with Crippen LogP contribution in [0.2, 0.25) is 0 Å². The minimum absolute atomic E-state index is 0.147. The number of hydrogen-bond acceptors (Lipinski definition) is 2. The number of carbonyl (C=O) groups is 1. The number of pyridine rings is 1. The molecule has 0 unspecified atom stereocenters. The molecular formula is C15H9F3N2O2. The number of benzene rings is 1. The number of carboxylic acids is 1. The van der Waals surface area contributed by atoms with Crippen molar-refractivity contribution in [1.29, 1.82) is 0 Å². The second-order valence-electron chi connectivity index (χ2n) is 4.65. The molecule has 0 atom stereocenters. The van der Waals surface area contributed by atoms with Crippen LogP contribution >= 0.6 is 0 Å². The molecule has 0 radical (unpaired) electrons. The van der Waals surface area contributed by atoms with Crippen molar-refractivity contribution in [3.8, 4) is 11.3 Å². The molecule has 1 aromatic carbocycles. The van der Waals surface area contributed by atoms with Crippen molar-refractivity contribution in [2.75, 3.05) is 0 Å². The fourth-order valence-corrected chi connectivity index (χ4v) is 2.31. The van der Waals surface area contributed by atoms with Gasteiger partial charge in [-0.05, 0) is 30.3 Å². The van der Waals surface area contributed by atoms with Crippen molar-refractivity contribution >= 4 is 16.9 Å². The number of carboxylic acid groups (broad SMARTS) is 1. The van der Waals surface area contributed by atoms with Gasteiger partial charge in [-0.3, -0.25) is 4.98 Å². The zero-order valence-electron chi connectivity index (χ0n) is 11.0. The summed E-state index contributed by atoms with van der Waals surface area (Å²) in [6.07, 6.45) is -3.05. The van der Waals surface area contributed by atoms with Crippen molar-refractivity contribution in [1.82, 2.24) is 9.97 Å². The number of aromatic amines is 1. The number of H-pyrrole nitrogens is 1. The molecule has 3 aromatic rings. The van der Waals surface area contributed by atoms with E-state index in [1.807, 2.05) is 0 Å². The van der Waals surface area contributed by atoms with Gasteiger partial charge in [-0.25, -0.2) is 4.79 Å². The van der Waals surface area contributed by atoms with E-state index in [0.717, 1.165) is 12.1 Å². The first-order chi connectivity index (χ1) is 10.4. The molecule has 7 heteroatoms. The monoisotopic (exact) mass is 306 g/mol. The summed E-state index contributed by atoms with van der Waals surface area (Å²) in [5.41, 5.74) is -0.271. The number of nitrogens with zero attached hydrogens (tertiary/aromatic N) is 1. The van der Waals surface area contributed by atoms with Crippen LogP contribution in [-0.2, 0) is 6.18 Å². The second-order valence-corrected chi connectivity index (χ2v) is 4.65. The Morgan fingerprint density at radius 2 is 1.95 bits per heavy atom. The first-order valence-electron chi connectivity index (χ1n) is 6.25. The molecule has 0 aliphatic heterocycles. The van der Waals surface area contributed by atoms with Gasteiger partial charge < -0.3 is 10.1 Å². The summed E-state index contributed by atoms with van der Waals surface area (Å²) >= 11 is 0. The summed E-state index contributed by atoms with van der Waals surface area (Å²) in [6.45, 7) is 0. The highest BCUT2D eigenvalue weighted by molar-refractivity contribution is 6.07. The van der Waals surface area contributed by atoms with E-state index in [2.05, 4.69) is 9.97 Å². The molecule has 0 aliphatic rings. The van der Waals surface area contributed by atoms with E-state index in [-0.39, 0.29) is 16.6 Å². The molecule has 0 amide bonds. The summed E-state index contributed by atoms with van der Waals surface area (Å²) in [6, 6.07) is 7.89. The summed E-state index contributed by atoms with van der Waals surface area (Å²) in [4.78, 5) is 18.0. The molecule has 3 rings (SSSR count). The van der Waals surface area contributed by atoms with Gasteiger partial charge in [0.15, 0.2) is 0 Å². The average Bonchev–Trinajstić information content (AvgIpc) is 2.86. The average molecular weight is 306 g/mol. The van der Waals surface area contributed by atoms with E-state index in [4.69, 9.17) is 0 Å². The highest BCUT2D eigenvalue weighted by atomic mass is 19.4. The first kappa shape index (κ1) is 14.1. The molecule has 0 saturated carbocycles. The van der Waals surface area contributed by atoms with Crippen molar-refractivity contribution in [3.05, 3.63) is 53.9 Å². The van der Waals surface area contributed by atoms with Crippen LogP contribution in [0.3, 0.4) is 0 Å². The summed E-state index contributed by atoms with van der Waals surface area (Å²) < 4.78 is 38.6. The van der Waals surface area contributed by atoms with Crippen molar-refractivity contribution in [2.45, 2.75) is 6.18 Å². The molecule has 0 bridgehead atoms. The number of alkyl halides is 3. The van der Waals surface area contributed by atoms with E-state index in [0.29, 0.717) is 11.2 Å². The second kappa shape index (κ2) is 4.87. The molecule has 0 spiro atoms. The smallest absolute Gasteiger partial charge is 0.416 e. The van der Waals surface area contributed by atoms with Crippen LogP contribution in [0.1, 0.15) is 16.1 Å². The van der Waals surface area contributed by atoms with Gasteiger partial charge in [-0.2, -0.15) is 13.2 Å². The Balaban J connectivity index is 2.35. The van der Waals surface area contributed by atoms with Crippen LogP contribution < -0.4 is 0 Å². The SMILES string of the molecule is O=C(O)c1[nH]c2ccc(C(F)(F)F)cc2c1-c1ccccn1. The minimum Gasteiger partial charge on any atom is -0.477 e. The lowest BCUT2D eigenvalue weighted by molar-refractivity contribution is -0.137. The van der Waals surface area contributed by atoms with E-state index in [1.165, 1.54) is 12.3 Å². The van der Waals surface area contributed by atoms with Crippen LogP contribution in [0.25, 0.3) is 22.2 Å². The van der Waals surface area contributed by atoms with Gasteiger partial charge in [0.05, 0.1) is 11.3 Å². The number of aromatic nitrogens is 2. The van der Waals surface area contributed by atoms with Crippen molar-refractivity contribution in [3.63, 3.8) is 0 Å². The minimum atomic E-state index is -4.50. The first-order valence-corrected chi connectivity index (χ1v) is 6.25. The van der Waals surface area contributed by atoms with E-state index < -0.39 is 17.7 Å². The third kappa shape index (κ3) is 2.30. The lowest BCUT2D eigenvalue weighted by atomic mass is 10.0. The summed E-state index contributed by atoms with van der Waals surface area (Å²) in [5.74, 6) is -1.26. The molecule has 0 fully saturated rings. The molecule has 0 saturated heterocycles. The fraction of sp³-hybridized carbons (Fsp3) is 0.0667. The number of rotatable bonds is 2. The molecule has 4 nitrogen and oxygen atoms in total. The Morgan fingerprint density at radius 3 is 2.55 bits per heavy atom. The van der Waals surface area contributed by atoms with Gasteiger partial charge >= 0.3 is 12.1 Å². The normalized spacial score (nSPS) is 11.8. The number of aromatic carboxylic acids is 1. The van der Waals surface area contributed by atoms with Crippen molar-refractivity contribution < 1.29 is 23.1 Å². The summed E-state index contributed by atoms with van der Waals surface area (Å²) in [5, 5.41) is 9.45. The van der Waals surface area contributed by atoms with Gasteiger partial charge in [-0.1, -0.05) is 6.07 Å². The Hall–Kier alpha value is -2.83. The fourth-order valence-electron chi connectivity index (χ4n) is 2.31. The van der Waals surface area contributed by atoms with Crippen LogP contribution in [0, 0.1) is 0 Å². The molecule has 0 aliphatic carbocycles. The topological polar surface area (TPSA) is 66.0 Å². The number of fused-ring (bicyclic) bond motifs is 1. The third-order valence-corrected chi connectivity index (χ3v) is 3.26. The number of halogens is 3. The highest BCUT2D eigenvalue weighted by Gasteiger charge is 2.31. The lowest BCUT2D eigenvalue weighted by Crippen LogP contribution is -2.04. The zero-order chi connectivity index (χ0) is 15.9. The van der Waals surface area contributed by atoms with Crippen LogP contribution in [0.15, 0.2) is 42.6 Å². The summed E-state index contributed by atoms with van der Waals surface area (Å²) in [7, 11) is 0. The predicted octanol–water partition coefficient (Wildman–Crippen LogP) is 3.95. The van der Waals surface area contributed by atoms with Crippen LogP contribution in [-0.4, -0.2) is 21.0 Å².